The number of rotatable bonds is 15. The third kappa shape index (κ3) is 8.87. The zero-order valence-corrected chi connectivity index (χ0v) is 31.5. The van der Waals surface area contributed by atoms with Crippen LogP contribution in [0.4, 0.5) is 11.9 Å². The molecule has 13 N–H and O–H groups in total. The lowest BCUT2D eigenvalue weighted by molar-refractivity contribution is -0.0503. The molecule has 0 saturated carbocycles. The maximum Gasteiger partial charge on any atom is 0.488 e. The number of imidazole rings is 2. The van der Waals surface area contributed by atoms with Crippen LogP contribution in [0.1, 0.15) is 12.5 Å². The summed E-state index contributed by atoms with van der Waals surface area (Å²) in [7, 11) is -21.5. The summed E-state index contributed by atoms with van der Waals surface area (Å²) in [4.78, 5) is 84.9. The number of hydrogen-bond donors (Lipinski definition) is 12. The number of ether oxygens (including phenoxy) is 2. The van der Waals surface area contributed by atoms with Crippen LogP contribution in [-0.4, -0.2) is 142 Å². The van der Waals surface area contributed by atoms with Crippen molar-refractivity contribution in [2.45, 2.75) is 49.1 Å². The van der Waals surface area contributed by atoms with Crippen molar-refractivity contribution < 1.29 is 85.4 Å². The van der Waals surface area contributed by atoms with Gasteiger partial charge in [0.2, 0.25) is 11.9 Å². The number of aliphatic hydroxyl groups excluding tert-OH is 4. The monoisotopic (exact) mass is 880 g/mol. The smallest absolute Gasteiger partial charge is 0.387 e. The summed E-state index contributed by atoms with van der Waals surface area (Å²) in [6.45, 7) is -2.18. The molecule has 6 rings (SSSR count). The van der Waals surface area contributed by atoms with Crippen molar-refractivity contribution in [3.05, 3.63) is 33.4 Å². The van der Waals surface area contributed by atoms with E-state index in [0.29, 0.717) is 0 Å². The largest absolute Gasteiger partial charge is 0.488 e. The number of aliphatic hydroxyl groups is 4. The van der Waals surface area contributed by atoms with Crippen LogP contribution in [0.2, 0.25) is 0 Å². The summed E-state index contributed by atoms with van der Waals surface area (Å²) >= 11 is 0. The highest BCUT2D eigenvalue weighted by Gasteiger charge is 2.49. The minimum atomic E-state index is -6.12. The first-order valence-corrected chi connectivity index (χ1v) is 21.9. The third-order valence-electron chi connectivity index (χ3n) is 7.98. The Bertz CT molecular complexity index is 2440. The average Bonchev–Trinajstić information content (AvgIpc) is 3.83. The Hall–Kier alpha value is -3.34. The average molecular weight is 880 g/mol. The number of H-pyrrole nitrogens is 2. The molecule has 2 saturated heterocycles. The highest BCUT2D eigenvalue weighted by Crippen LogP contribution is 2.70. The van der Waals surface area contributed by atoms with Crippen LogP contribution in [0.3, 0.4) is 0 Å². The van der Waals surface area contributed by atoms with Crippen molar-refractivity contribution in [3.63, 3.8) is 0 Å². The molecule has 56 heavy (non-hydrogen) atoms. The van der Waals surface area contributed by atoms with Crippen LogP contribution in [-0.2, 0) is 45.4 Å². The maximum absolute atomic E-state index is 12.7. The van der Waals surface area contributed by atoms with Gasteiger partial charge in [0.15, 0.2) is 40.7 Å². The van der Waals surface area contributed by atoms with Crippen molar-refractivity contribution in [2.24, 2.45) is 0 Å². The van der Waals surface area contributed by atoms with Gasteiger partial charge in [-0.05, 0) is 0 Å². The van der Waals surface area contributed by atoms with Gasteiger partial charge < -0.3 is 65.0 Å². The van der Waals surface area contributed by atoms with E-state index >= 15 is 0 Å². The second-order valence-electron chi connectivity index (χ2n) is 12.0. The topological polar surface area (TPSA) is 451 Å². The van der Waals surface area contributed by atoms with Gasteiger partial charge in [0.25, 0.3) is 11.1 Å². The molecule has 2 fully saturated rings. The molecule has 6 heterocycles. The summed E-state index contributed by atoms with van der Waals surface area (Å²) in [6.07, 6.45) is -11.4. The van der Waals surface area contributed by atoms with Gasteiger partial charge in [-0.1, -0.05) is 0 Å². The molecule has 0 aliphatic carbocycles. The fraction of sp³-hybridized carbons (Fsp3) is 0.545. The molecule has 4 aromatic heterocycles. The minimum absolute atomic E-state index is 0.00704. The van der Waals surface area contributed by atoms with Crippen molar-refractivity contribution in [1.29, 1.82) is 0 Å². The number of hydrogen-bond acceptors (Lipinski definition) is 22. The number of nitrogens with zero attached hydrogens (tertiary/aromatic N) is 6. The number of phosphoric ester groups is 1. The van der Waals surface area contributed by atoms with E-state index in [0.717, 1.165) is 21.8 Å². The van der Waals surface area contributed by atoms with Gasteiger partial charge in [0, 0.05) is 7.05 Å². The van der Waals surface area contributed by atoms with Crippen molar-refractivity contribution in [3.8, 4) is 0 Å². The molecule has 0 spiro atoms. The summed E-state index contributed by atoms with van der Waals surface area (Å²) in [5.41, 5.74) is 3.49. The standard InChI is InChI=1S/C22H32N10O20P4/c1-24-22-28-16-10(18(38)30-22)26-5-32(16)20-14(36)12(34)8(50-20)3-48-55(43,44)52-56(45,46)51-54(41,42)6-53(39,40)47-2-7-11(33)13(35)19(49-7)31-4-25-9-15(31)27-21(23)29-17(9)37/h4-5,7-8,11-14,19-20,33-36H,2-3,6H2,1H3,(H,39,40)(H,41,42)(H,43,44)(H,45,46)(H3,23,27,29,37)(H2,24,28,30,38)/t7-,8-,11-,12-,13-,14-,19-,20-/m1/s1. The van der Waals surface area contributed by atoms with Gasteiger partial charge in [0.1, 0.15) is 36.6 Å². The first kappa shape index (κ1) is 42.3. The Kier molecular flexibility index (Phi) is 11.7. The Morgan fingerprint density at radius 2 is 1.25 bits per heavy atom. The number of phosphoric acid groups is 2. The Labute approximate surface area is 309 Å². The minimum Gasteiger partial charge on any atom is -0.387 e. The fourth-order valence-corrected chi connectivity index (χ4v) is 12.0. The predicted molar refractivity (Wildman–Crippen MR) is 180 cm³/mol. The van der Waals surface area contributed by atoms with E-state index in [-0.39, 0.29) is 34.2 Å². The number of nitrogens with two attached hydrogens (primary N) is 1. The SMILES string of the molecule is CNc1nc2c(ncn2[C@@H]2O[C@H](COP(=O)(O)OP(=O)(O)OP(=O)(O)CP(=O)(O)OC[C@H]3O[C@@H](n4cnc5c(=O)[nH]c(N)nc54)[C@H](O)[C@@H]3O)[C@@H](O)[C@H]2O)c(=O)[nH]1. The molecule has 4 aromatic rings. The molecular formula is C22H32N10O20P4. The van der Waals surface area contributed by atoms with E-state index < -0.39 is 110 Å². The molecule has 12 atom stereocenters. The van der Waals surface area contributed by atoms with Crippen molar-refractivity contribution in [2.75, 3.05) is 37.2 Å². The molecular weight excluding hydrogens is 848 g/mol. The summed E-state index contributed by atoms with van der Waals surface area (Å²) in [6, 6.07) is 0. The molecule has 0 bridgehead atoms. The van der Waals surface area contributed by atoms with Gasteiger partial charge in [-0.15, -0.1) is 0 Å². The lowest BCUT2D eigenvalue weighted by atomic mass is 10.1. The number of nitrogens with one attached hydrogen (secondary N) is 3. The third-order valence-corrected chi connectivity index (χ3v) is 15.4. The summed E-state index contributed by atoms with van der Waals surface area (Å²) < 4.78 is 80.5. The number of nitrogen functional groups attached to an aromatic ring is 1. The van der Waals surface area contributed by atoms with Gasteiger partial charge >= 0.3 is 30.8 Å². The quantitative estimate of drug-likeness (QED) is 0.0521. The van der Waals surface area contributed by atoms with Crippen LogP contribution in [0.25, 0.3) is 22.3 Å². The molecule has 2 aliphatic heterocycles. The lowest BCUT2D eigenvalue weighted by Crippen LogP contribution is -2.33. The van der Waals surface area contributed by atoms with Crippen LogP contribution >= 0.6 is 30.8 Å². The Morgan fingerprint density at radius 3 is 1.79 bits per heavy atom. The number of aromatic nitrogens is 8. The van der Waals surface area contributed by atoms with Crippen LogP contribution in [0.5, 0.6) is 0 Å². The highest BCUT2D eigenvalue weighted by atomic mass is 31.3. The molecule has 310 valence electrons. The van der Waals surface area contributed by atoms with Crippen LogP contribution in [0, 0.1) is 0 Å². The van der Waals surface area contributed by atoms with E-state index in [2.05, 4.69) is 48.4 Å². The zero-order valence-electron chi connectivity index (χ0n) is 27.9. The van der Waals surface area contributed by atoms with Crippen molar-refractivity contribution >= 4 is 65.1 Å². The molecule has 0 amide bonds. The molecule has 0 radical (unpaired) electrons. The number of fused-ring (bicyclic) bond motifs is 2. The fourth-order valence-electron chi connectivity index (χ4n) is 5.53. The summed E-state index contributed by atoms with van der Waals surface area (Å²) in [5, 5.41) is 44.6. The Morgan fingerprint density at radius 1 is 0.750 bits per heavy atom. The second kappa shape index (κ2) is 15.4. The van der Waals surface area contributed by atoms with E-state index in [4.69, 9.17) is 19.7 Å². The highest BCUT2D eigenvalue weighted by molar-refractivity contribution is 7.75. The maximum atomic E-state index is 12.7. The zero-order chi connectivity index (χ0) is 41.1. The van der Waals surface area contributed by atoms with E-state index in [1.807, 2.05) is 0 Å². The lowest BCUT2D eigenvalue weighted by Gasteiger charge is -2.22. The molecule has 2 aliphatic rings. The van der Waals surface area contributed by atoms with Crippen molar-refractivity contribution in [1.82, 2.24) is 39.0 Å². The van der Waals surface area contributed by atoms with Gasteiger partial charge in [-0.25, -0.2) is 23.4 Å². The summed E-state index contributed by atoms with van der Waals surface area (Å²) in [5.74, 6) is -2.25. The predicted octanol–water partition coefficient (Wildman–Crippen LogP) is -3.29. The van der Waals surface area contributed by atoms with Crippen LogP contribution in [0.15, 0.2) is 22.2 Å². The van der Waals surface area contributed by atoms with Gasteiger partial charge in [-0.3, -0.25) is 42.3 Å². The van der Waals surface area contributed by atoms with Crippen LogP contribution < -0.4 is 22.2 Å². The molecule has 34 heteroatoms. The first-order chi connectivity index (χ1) is 26.0. The molecule has 30 nitrogen and oxygen atoms in total. The van der Waals surface area contributed by atoms with E-state index in [9.17, 15) is 67.8 Å². The first-order valence-electron chi connectivity index (χ1n) is 15.4. The molecule has 4 unspecified atom stereocenters. The van der Waals surface area contributed by atoms with E-state index in [1.165, 1.54) is 7.05 Å². The van der Waals surface area contributed by atoms with Gasteiger partial charge in [0.05, 0.1) is 25.9 Å². The second-order valence-corrected chi connectivity index (χ2v) is 19.3. The molecule has 0 aromatic carbocycles. The number of aromatic amines is 2. The normalized spacial score (nSPS) is 29.9. The van der Waals surface area contributed by atoms with Gasteiger partial charge in [-0.2, -0.15) is 14.3 Å². The van der Waals surface area contributed by atoms with E-state index in [1.54, 1.807) is 0 Å². The number of anilines is 2. The Balaban J connectivity index is 1.02.